The molecule has 0 aromatic carbocycles. The minimum atomic E-state index is 0.537. The van der Waals surface area contributed by atoms with Gasteiger partial charge in [-0.1, -0.05) is 20.3 Å². The van der Waals surface area contributed by atoms with Crippen molar-refractivity contribution in [2.75, 3.05) is 20.2 Å². The number of hydrogen-bond donors (Lipinski definition) is 0. The molecule has 0 radical (unpaired) electrons. The summed E-state index contributed by atoms with van der Waals surface area (Å²) in [5.41, 5.74) is 2.67. The highest BCUT2D eigenvalue weighted by atomic mass is 16.5. The molecule has 2 heterocycles. The maximum Gasteiger partial charge on any atom is 0.213 e. The number of aromatic nitrogens is 1. The van der Waals surface area contributed by atoms with Crippen LogP contribution in [0.5, 0.6) is 5.88 Å². The second-order valence-corrected chi connectivity index (χ2v) is 5.98. The Hall–Kier alpha value is -1.09. The van der Waals surface area contributed by atoms with Gasteiger partial charge >= 0.3 is 0 Å². The van der Waals surface area contributed by atoms with Gasteiger partial charge in [0.05, 0.1) is 7.11 Å². The molecule has 1 aliphatic heterocycles. The molecule has 3 nitrogen and oxygen atoms in total. The fourth-order valence-electron chi connectivity index (χ4n) is 3.03. The SMILES string of the molecule is COc1cc(C)c(C2CCCCN2CC(C)C)cn1. The van der Waals surface area contributed by atoms with Gasteiger partial charge < -0.3 is 4.74 Å². The molecule has 0 saturated carbocycles. The van der Waals surface area contributed by atoms with E-state index in [9.17, 15) is 0 Å². The van der Waals surface area contributed by atoms with Crippen LogP contribution in [0.2, 0.25) is 0 Å². The Morgan fingerprint density at radius 2 is 2.21 bits per heavy atom. The van der Waals surface area contributed by atoms with E-state index in [0.717, 1.165) is 0 Å². The summed E-state index contributed by atoms with van der Waals surface area (Å²) in [5.74, 6) is 1.43. The third-order valence-corrected chi connectivity index (χ3v) is 3.91. The lowest BCUT2D eigenvalue weighted by Gasteiger charge is -2.37. The number of rotatable bonds is 4. The van der Waals surface area contributed by atoms with Crippen molar-refractivity contribution < 1.29 is 4.74 Å². The summed E-state index contributed by atoms with van der Waals surface area (Å²) in [6, 6.07) is 2.59. The van der Waals surface area contributed by atoms with Crippen molar-refractivity contribution >= 4 is 0 Å². The molecule has 0 bridgehead atoms. The molecule has 2 rings (SSSR count). The van der Waals surface area contributed by atoms with Crippen LogP contribution in [-0.2, 0) is 0 Å². The molecule has 0 amide bonds. The summed E-state index contributed by atoms with van der Waals surface area (Å²) < 4.78 is 5.20. The Labute approximate surface area is 117 Å². The number of nitrogens with zero attached hydrogens (tertiary/aromatic N) is 2. The van der Waals surface area contributed by atoms with Crippen LogP contribution in [0.1, 0.15) is 50.3 Å². The van der Waals surface area contributed by atoms with Crippen LogP contribution in [-0.4, -0.2) is 30.1 Å². The minimum Gasteiger partial charge on any atom is -0.481 e. The van der Waals surface area contributed by atoms with Gasteiger partial charge in [0, 0.05) is 24.8 Å². The Kier molecular flexibility index (Phi) is 4.81. The van der Waals surface area contributed by atoms with Crippen LogP contribution in [0.3, 0.4) is 0 Å². The van der Waals surface area contributed by atoms with E-state index in [4.69, 9.17) is 4.74 Å². The highest BCUT2D eigenvalue weighted by molar-refractivity contribution is 5.31. The van der Waals surface area contributed by atoms with Gasteiger partial charge in [0.25, 0.3) is 0 Å². The molecule has 0 spiro atoms. The van der Waals surface area contributed by atoms with E-state index in [1.807, 2.05) is 6.20 Å². The van der Waals surface area contributed by atoms with E-state index in [0.29, 0.717) is 17.8 Å². The predicted molar refractivity (Wildman–Crippen MR) is 78.5 cm³/mol. The molecule has 0 aliphatic carbocycles. The standard InChI is InChI=1S/C16H26N2O/c1-12(2)11-18-8-6-5-7-15(18)14-10-17-16(19-4)9-13(14)3/h9-10,12,15H,5-8,11H2,1-4H3. The number of likely N-dealkylation sites (tertiary alicyclic amines) is 1. The van der Waals surface area contributed by atoms with Gasteiger partial charge in [0.1, 0.15) is 0 Å². The van der Waals surface area contributed by atoms with Crippen LogP contribution < -0.4 is 4.74 Å². The zero-order chi connectivity index (χ0) is 13.8. The monoisotopic (exact) mass is 262 g/mol. The van der Waals surface area contributed by atoms with Crippen LogP contribution in [0.4, 0.5) is 0 Å². The molecule has 1 aromatic heterocycles. The largest absolute Gasteiger partial charge is 0.481 e. The zero-order valence-electron chi connectivity index (χ0n) is 12.6. The molecular weight excluding hydrogens is 236 g/mol. The molecule has 3 heteroatoms. The fraction of sp³-hybridized carbons (Fsp3) is 0.688. The average Bonchev–Trinajstić information content (AvgIpc) is 2.39. The Morgan fingerprint density at radius 3 is 2.84 bits per heavy atom. The quantitative estimate of drug-likeness (QED) is 0.829. The van der Waals surface area contributed by atoms with E-state index in [-0.39, 0.29) is 0 Å². The first-order valence-corrected chi connectivity index (χ1v) is 7.36. The number of methoxy groups -OCH3 is 1. The molecule has 1 aliphatic rings. The van der Waals surface area contributed by atoms with E-state index >= 15 is 0 Å². The van der Waals surface area contributed by atoms with Crippen molar-refractivity contribution in [2.24, 2.45) is 5.92 Å². The fourth-order valence-corrected chi connectivity index (χ4v) is 3.03. The first kappa shape index (κ1) is 14.3. The maximum absolute atomic E-state index is 5.20. The molecule has 0 N–H and O–H groups in total. The average molecular weight is 262 g/mol. The summed E-state index contributed by atoms with van der Waals surface area (Å²) in [4.78, 5) is 7.03. The summed E-state index contributed by atoms with van der Waals surface area (Å²) in [7, 11) is 1.67. The molecule has 19 heavy (non-hydrogen) atoms. The van der Waals surface area contributed by atoms with Gasteiger partial charge in [0.15, 0.2) is 0 Å². The van der Waals surface area contributed by atoms with Gasteiger partial charge in [-0.2, -0.15) is 0 Å². The summed E-state index contributed by atoms with van der Waals surface area (Å²) in [6.07, 6.45) is 5.91. The normalized spacial score (nSPS) is 20.8. The molecule has 1 saturated heterocycles. The third-order valence-electron chi connectivity index (χ3n) is 3.91. The number of piperidine rings is 1. The molecule has 106 valence electrons. The van der Waals surface area contributed by atoms with Crippen molar-refractivity contribution in [1.82, 2.24) is 9.88 Å². The van der Waals surface area contributed by atoms with Crippen LogP contribution in [0, 0.1) is 12.8 Å². The van der Waals surface area contributed by atoms with Crippen LogP contribution >= 0.6 is 0 Å². The second-order valence-electron chi connectivity index (χ2n) is 5.98. The highest BCUT2D eigenvalue weighted by Gasteiger charge is 2.25. The predicted octanol–water partition coefficient (Wildman–Crippen LogP) is 3.58. The molecule has 1 unspecified atom stereocenters. The third kappa shape index (κ3) is 3.47. The number of pyridine rings is 1. The number of hydrogen-bond acceptors (Lipinski definition) is 3. The van der Waals surface area contributed by atoms with Crippen LogP contribution in [0.25, 0.3) is 0 Å². The first-order chi connectivity index (χ1) is 9.11. The van der Waals surface area contributed by atoms with Crippen LogP contribution in [0.15, 0.2) is 12.3 Å². The Morgan fingerprint density at radius 1 is 1.42 bits per heavy atom. The van der Waals surface area contributed by atoms with E-state index < -0.39 is 0 Å². The maximum atomic E-state index is 5.20. The van der Waals surface area contributed by atoms with Gasteiger partial charge in [-0.25, -0.2) is 4.98 Å². The smallest absolute Gasteiger partial charge is 0.213 e. The Balaban J connectivity index is 2.21. The van der Waals surface area contributed by atoms with Gasteiger partial charge in [-0.05, 0) is 43.4 Å². The number of ether oxygens (including phenoxy) is 1. The van der Waals surface area contributed by atoms with Crippen molar-refractivity contribution in [2.45, 2.75) is 46.1 Å². The highest BCUT2D eigenvalue weighted by Crippen LogP contribution is 2.33. The molecular formula is C16H26N2O. The van der Waals surface area contributed by atoms with Gasteiger partial charge in [-0.3, -0.25) is 4.90 Å². The van der Waals surface area contributed by atoms with E-state index in [1.54, 1.807) is 7.11 Å². The second kappa shape index (κ2) is 6.38. The van der Waals surface area contributed by atoms with E-state index in [1.165, 1.54) is 43.5 Å². The van der Waals surface area contributed by atoms with Gasteiger partial charge in [0.2, 0.25) is 5.88 Å². The van der Waals surface area contributed by atoms with Crippen molar-refractivity contribution in [3.05, 3.63) is 23.4 Å². The summed E-state index contributed by atoms with van der Waals surface area (Å²) >= 11 is 0. The first-order valence-electron chi connectivity index (χ1n) is 7.36. The molecule has 1 fully saturated rings. The van der Waals surface area contributed by atoms with Gasteiger partial charge in [-0.15, -0.1) is 0 Å². The lowest BCUT2D eigenvalue weighted by molar-refractivity contribution is 0.131. The van der Waals surface area contributed by atoms with Crippen molar-refractivity contribution in [1.29, 1.82) is 0 Å². The van der Waals surface area contributed by atoms with Crippen molar-refractivity contribution in [3.63, 3.8) is 0 Å². The number of aryl methyl sites for hydroxylation is 1. The lowest BCUT2D eigenvalue weighted by Crippen LogP contribution is -2.36. The molecule has 1 aromatic rings. The summed E-state index contributed by atoms with van der Waals surface area (Å²) in [6.45, 7) is 9.15. The molecule has 1 atom stereocenters. The zero-order valence-corrected chi connectivity index (χ0v) is 12.6. The Bertz CT molecular complexity index is 417. The van der Waals surface area contributed by atoms with E-state index in [2.05, 4.69) is 36.7 Å². The minimum absolute atomic E-state index is 0.537. The topological polar surface area (TPSA) is 25.4 Å². The van der Waals surface area contributed by atoms with Crippen molar-refractivity contribution in [3.8, 4) is 5.88 Å². The lowest BCUT2D eigenvalue weighted by atomic mass is 9.93. The summed E-state index contributed by atoms with van der Waals surface area (Å²) in [5, 5.41) is 0.